The van der Waals surface area contributed by atoms with E-state index in [9.17, 15) is 9.90 Å². The molecule has 0 aromatic heterocycles. The number of rotatable bonds is 5. The number of esters is 1. The van der Waals surface area contributed by atoms with Gasteiger partial charge in [-0.1, -0.05) is 20.4 Å². The van der Waals surface area contributed by atoms with Crippen LogP contribution in [0, 0.1) is 34.5 Å². The van der Waals surface area contributed by atoms with Gasteiger partial charge in [0.1, 0.15) is 6.04 Å². The Morgan fingerprint density at radius 1 is 1.11 bits per heavy atom. The number of nitrogens with zero attached hydrogens (tertiary/aromatic N) is 2. The Morgan fingerprint density at radius 2 is 1.84 bits per heavy atom. The van der Waals surface area contributed by atoms with Gasteiger partial charge in [-0.2, -0.15) is 0 Å². The molecule has 0 amide bonds. The number of carbonyl (C=O) groups is 1. The van der Waals surface area contributed by atoms with Gasteiger partial charge in [0.15, 0.2) is 6.10 Å². The van der Waals surface area contributed by atoms with Gasteiger partial charge in [-0.05, 0) is 73.7 Å². The summed E-state index contributed by atoms with van der Waals surface area (Å²) in [6, 6.07) is 0.663. The minimum absolute atomic E-state index is 0.0174. The van der Waals surface area contributed by atoms with Gasteiger partial charge >= 0.3 is 5.97 Å². The second kappa shape index (κ2) is 10.2. The predicted octanol–water partition coefficient (Wildman–Crippen LogP) is 4.41. The van der Waals surface area contributed by atoms with E-state index < -0.39 is 0 Å². The molecule has 38 heavy (non-hydrogen) atoms. The third-order valence-electron chi connectivity index (χ3n) is 13.1. The van der Waals surface area contributed by atoms with Crippen molar-refractivity contribution in [1.29, 1.82) is 0 Å². The predicted molar refractivity (Wildman–Crippen MR) is 148 cm³/mol. The van der Waals surface area contributed by atoms with Gasteiger partial charge in [-0.15, -0.1) is 0 Å². The molecule has 4 saturated carbocycles. The largest absolute Gasteiger partial charge is 0.456 e. The lowest BCUT2D eigenvalue weighted by Gasteiger charge is -2.62. The molecule has 1 N–H and O–H groups in total. The number of fused-ring (bicyclic) bond motifs is 5. The van der Waals surface area contributed by atoms with Gasteiger partial charge in [0.2, 0.25) is 0 Å². The zero-order valence-electron chi connectivity index (χ0n) is 24.3. The van der Waals surface area contributed by atoms with Crippen LogP contribution in [-0.2, 0) is 14.3 Å². The fourth-order valence-electron chi connectivity index (χ4n) is 11.3. The molecule has 2 saturated heterocycles. The smallest absolute Gasteiger partial charge is 0.303 e. The third-order valence-corrected chi connectivity index (χ3v) is 13.1. The molecule has 6 aliphatic rings. The molecular weight excluding hydrogens is 476 g/mol. The van der Waals surface area contributed by atoms with E-state index >= 15 is 0 Å². The maximum absolute atomic E-state index is 12.5. The SMILES string of the molecule is C=CC[N+]1([C@@H]2C[C@H]3[C@@H]4CC[C@H]5C[C@H](O)[C@@H](N6CCOCC6)C[C@]5(C)[C@H]4CC[C@]3(C)[C@@H]2OC(C)=O)CCCC1. The molecule has 10 atom stereocenters. The van der Waals surface area contributed by atoms with Gasteiger partial charge in [0, 0.05) is 50.7 Å². The van der Waals surface area contributed by atoms with Gasteiger partial charge in [0.05, 0.1) is 39.0 Å². The fraction of sp³-hybridized carbons (Fsp3) is 0.906. The first-order valence-electron chi connectivity index (χ1n) is 15.9. The normalized spacial score (nSPS) is 48.5. The summed E-state index contributed by atoms with van der Waals surface area (Å²) in [5, 5.41) is 11.3. The van der Waals surface area contributed by atoms with Crippen molar-refractivity contribution in [3.63, 3.8) is 0 Å². The summed E-state index contributed by atoms with van der Waals surface area (Å²) in [5.74, 6) is 2.54. The highest BCUT2D eigenvalue weighted by Gasteiger charge is 2.67. The van der Waals surface area contributed by atoms with E-state index in [4.69, 9.17) is 9.47 Å². The van der Waals surface area contributed by atoms with Crippen LogP contribution >= 0.6 is 0 Å². The van der Waals surface area contributed by atoms with Crippen molar-refractivity contribution in [2.75, 3.05) is 45.9 Å². The van der Waals surface area contributed by atoms with E-state index in [0.29, 0.717) is 29.7 Å². The summed E-state index contributed by atoms with van der Waals surface area (Å²) in [6.07, 6.45) is 12.7. The summed E-state index contributed by atoms with van der Waals surface area (Å²) in [7, 11) is 0. The molecule has 2 heterocycles. The minimum Gasteiger partial charge on any atom is -0.456 e. The van der Waals surface area contributed by atoms with Crippen molar-refractivity contribution in [1.82, 2.24) is 4.90 Å². The molecule has 0 spiro atoms. The Hall–Kier alpha value is -0.950. The zero-order valence-corrected chi connectivity index (χ0v) is 24.3. The van der Waals surface area contributed by atoms with Crippen LogP contribution in [0.25, 0.3) is 0 Å². The van der Waals surface area contributed by atoms with Crippen LogP contribution in [0.15, 0.2) is 12.7 Å². The van der Waals surface area contributed by atoms with Crippen molar-refractivity contribution < 1.29 is 23.9 Å². The second-order valence-electron chi connectivity index (χ2n) is 14.6. The topological polar surface area (TPSA) is 59.0 Å². The van der Waals surface area contributed by atoms with Crippen molar-refractivity contribution in [2.45, 2.75) is 103 Å². The lowest BCUT2D eigenvalue weighted by Crippen LogP contribution is -2.61. The number of morpholine rings is 1. The van der Waals surface area contributed by atoms with Gasteiger partial charge < -0.3 is 19.1 Å². The fourth-order valence-corrected chi connectivity index (χ4v) is 11.3. The number of quaternary nitrogens is 1. The molecule has 0 unspecified atom stereocenters. The number of ether oxygens (including phenoxy) is 2. The Bertz CT molecular complexity index is 898. The van der Waals surface area contributed by atoms with E-state index in [-0.39, 0.29) is 35.0 Å². The maximum Gasteiger partial charge on any atom is 0.303 e. The van der Waals surface area contributed by atoms with E-state index in [2.05, 4.69) is 31.4 Å². The van der Waals surface area contributed by atoms with Crippen LogP contribution in [-0.4, -0.2) is 90.7 Å². The monoisotopic (exact) mass is 529 g/mol. The molecule has 6 rings (SSSR count). The summed E-state index contributed by atoms with van der Waals surface area (Å²) < 4.78 is 13.1. The second-order valence-corrected chi connectivity index (χ2v) is 14.6. The number of aliphatic hydroxyl groups is 1. The molecule has 0 aromatic carbocycles. The molecule has 214 valence electrons. The highest BCUT2D eigenvalue weighted by atomic mass is 16.5. The molecule has 0 aromatic rings. The van der Waals surface area contributed by atoms with Crippen LogP contribution in [0.5, 0.6) is 0 Å². The molecule has 6 fully saturated rings. The van der Waals surface area contributed by atoms with E-state index in [1.165, 1.54) is 51.6 Å². The number of likely N-dealkylation sites (tertiary alicyclic amines) is 1. The highest BCUT2D eigenvalue weighted by Crippen LogP contribution is 2.67. The van der Waals surface area contributed by atoms with E-state index in [1.807, 2.05) is 0 Å². The summed E-state index contributed by atoms with van der Waals surface area (Å²) >= 11 is 0. The van der Waals surface area contributed by atoms with Crippen molar-refractivity contribution >= 4 is 5.97 Å². The first kappa shape index (κ1) is 27.2. The molecular formula is C32H53N2O4+. The average Bonchev–Trinajstić information content (AvgIpc) is 3.48. The first-order chi connectivity index (χ1) is 18.2. The molecule has 6 heteroatoms. The Balaban J connectivity index is 1.30. The van der Waals surface area contributed by atoms with E-state index in [1.54, 1.807) is 6.92 Å². The van der Waals surface area contributed by atoms with Crippen LogP contribution < -0.4 is 0 Å². The highest BCUT2D eigenvalue weighted by molar-refractivity contribution is 5.66. The van der Waals surface area contributed by atoms with Crippen LogP contribution in [0.4, 0.5) is 0 Å². The number of carbonyl (C=O) groups excluding carboxylic acids is 1. The number of aliphatic hydroxyl groups excluding tert-OH is 1. The Kier molecular flexibility index (Phi) is 7.27. The van der Waals surface area contributed by atoms with Crippen LogP contribution in [0.3, 0.4) is 0 Å². The molecule has 4 aliphatic carbocycles. The quantitative estimate of drug-likeness (QED) is 0.325. The van der Waals surface area contributed by atoms with Crippen LogP contribution in [0.1, 0.15) is 78.6 Å². The third kappa shape index (κ3) is 4.23. The Labute approximate surface area is 230 Å². The number of hydrogen-bond acceptors (Lipinski definition) is 5. The van der Waals surface area contributed by atoms with Crippen molar-refractivity contribution in [3.8, 4) is 0 Å². The summed E-state index contributed by atoms with van der Waals surface area (Å²) in [4.78, 5) is 15.0. The van der Waals surface area contributed by atoms with Crippen LogP contribution in [0.2, 0.25) is 0 Å². The van der Waals surface area contributed by atoms with Gasteiger partial charge in [-0.25, -0.2) is 0 Å². The molecule has 2 aliphatic heterocycles. The lowest BCUT2D eigenvalue weighted by atomic mass is 9.44. The van der Waals surface area contributed by atoms with Gasteiger partial charge in [0.25, 0.3) is 0 Å². The molecule has 6 nitrogen and oxygen atoms in total. The van der Waals surface area contributed by atoms with Crippen molar-refractivity contribution in [3.05, 3.63) is 12.7 Å². The molecule has 0 bridgehead atoms. The Morgan fingerprint density at radius 3 is 2.53 bits per heavy atom. The van der Waals surface area contributed by atoms with Gasteiger partial charge in [-0.3, -0.25) is 9.69 Å². The zero-order chi connectivity index (χ0) is 26.7. The lowest BCUT2D eigenvalue weighted by molar-refractivity contribution is -0.937. The van der Waals surface area contributed by atoms with E-state index in [0.717, 1.165) is 56.6 Å². The first-order valence-corrected chi connectivity index (χ1v) is 15.9. The average molecular weight is 530 g/mol. The van der Waals surface area contributed by atoms with Crippen molar-refractivity contribution in [2.24, 2.45) is 34.5 Å². The summed E-state index contributed by atoms with van der Waals surface area (Å²) in [5.41, 5.74) is 0.343. The summed E-state index contributed by atoms with van der Waals surface area (Å²) in [6.45, 7) is 17.7. The number of hydrogen-bond donors (Lipinski definition) is 1. The maximum atomic E-state index is 12.5. The minimum atomic E-state index is -0.209. The molecule has 0 radical (unpaired) electrons. The standard InChI is InChI=1S/C32H53N2O4/c1-5-14-34(15-6-7-16-34)28-20-26-24-9-8-23-19-29(36)27(33-12-17-37-18-13-33)21-32(23,4)25(24)10-11-31(26,3)30(28)38-22(2)35/h5,23-30,36H,1,6-21H2,2-4H3/q+1/t23-,24+,25-,26-,27-,28+,29-,30+,31-,32-/m0/s1.